The van der Waals surface area contributed by atoms with Crippen LogP contribution >= 0.6 is 0 Å². The number of pyridine rings is 1. The van der Waals surface area contributed by atoms with E-state index in [1.165, 1.54) is 24.3 Å². The lowest BCUT2D eigenvalue weighted by Gasteiger charge is -2.16. The number of nitrogens with zero attached hydrogens (tertiary/aromatic N) is 1. The number of halogens is 1. The summed E-state index contributed by atoms with van der Waals surface area (Å²) in [6.07, 6.45) is 0. The third kappa shape index (κ3) is 3.91. The van der Waals surface area contributed by atoms with Gasteiger partial charge in [0.25, 0.3) is 0 Å². The summed E-state index contributed by atoms with van der Waals surface area (Å²) >= 11 is 0. The predicted molar refractivity (Wildman–Crippen MR) is 101 cm³/mol. The minimum absolute atomic E-state index is 0.0485. The topological polar surface area (TPSA) is 76.5 Å². The van der Waals surface area contributed by atoms with Crippen molar-refractivity contribution in [3.8, 4) is 5.75 Å². The second kappa shape index (κ2) is 8.00. The molecule has 0 saturated carbocycles. The molecule has 0 bridgehead atoms. The first kappa shape index (κ1) is 19.2. The number of carboxylic acids is 1. The monoisotopic (exact) mass is 379 g/mol. The first-order valence-electron chi connectivity index (χ1n) is 8.60. The molecular weight excluding hydrogens is 361 g/mol. The summed E-state index contributed by atoms with van der Waals surface area (Å²) in [5.41, 5.74) is 1.80. The Morgan fingerprint density at radius 3 is 2.29 bits per heavy atom. The lowest BCUT2D eigenvalue weighted by atomic mass is 9.96. The van der Waals surface area contributed by atoms with Gasteiger partial charge in [0, 0.05) is 16.8 Å². The Hall–Kier alpha value is -3.54. The number of hydrogen-bond donors (Lipinski definition) is 1. The smallest absolute Gasteiger partial charge is 0.358 e. The first-order chi connectivity index (χ1) is 13.4. The van der Waals surface area contributed by atoms with Crippen LogP contribution < -0.4 is 4.74 Å². The van der Waals surface area contributed by atoms with Gasteiger partial charge in [-0.3, -0.25) is 4.79 Å². The molecule has 3 rings (SSSR count). The van der Waals surface area contributed by atoms with E-state index < -0.39 is 11.8 Å². The summed E-state index contributed by atoms with van der Waals surface area (Å²) in [5.74, 6) is -2.01. The normalized spacial score (nSPS) is 10.5. The van der Waals surface area contributed by atoms with Gasteiger partial charge in [-0.15, -0.1) is 0 Å². The molecule has 28 heavy (non-hydrogen) atoms. The molecule has 0 fully saturated rings. The minimum atomic E-state index is -1.24. The number of aryl methyl sites for hydroxylation is 1. The fourth-order valence-corrected chi connectivity index (χ4v) is 2.97. The summed E-state index contributed by atoms with van der Waals surface area (Å²) in [6, 6.07) is 14.4. The van der Waals surface area contributed by atoms with Crippen molar-refractivity contribution >= 4 is 11.8 Å². The summed E-state index contributed by atoms with van der Waals surface area (Å²) in [7, 11) is 0. The van der Waals surface area contributed by atoms with Crippen LogP contribution in [-0.2, 0) is 6.61 Å². The third-order valence-corrected chi connectivity index (χ3v) is 4.33. The molecular formula is C22H18FNO4. The average Bonchev–Trinajstić information content (AvgIpc) is 2.68. The molecule has 5 nitrogen and oxygen atoms in total. The van der Waals surface area contributed by atoms with Gasteiger partial charge < -0.3 is 9.84 Å². The average molecular weight is 379 g/mol. The van der Waals surface area contributed by atoms with Crippen molar-refractivity contribution in [2.75, 3.05) is 0 Å². The van der Waals surface area contributed by atoms with E-state index >= 15 is 0 Å². The maximum atomic E-state index is 13.2. The molecule has 0 aliphatic carbocycles. The van der Waals surface area contributed by atoms with Gasteiger partial charge in [0.1, 0.15) is 12.4 Å². The van der Waals surface area contributed by atoms with Crippen molar-refractivity contribution in [3.63, 3.8) is 0 Å². The summed E-state index contributed by atoms with van der Waals surface area (Å²) in [4.78, 5) is 28.7. The van der Waals surface area contributed by atoms with Gasteiger partial charge in [-0.05, 0) is 43.7 Å². The zero-order chi connectivity index (χ0) is 20.3. The Morgan fingerprint density at radius 2 is 1.68 bits per heavy atom. The van der Waals surface area contributed by atoms with Gasteiger partial charge in [-0.2, -0.15) is 0 Å². The highest BCUT2D eigenvalue weighted by Gasteiger charge is 2.25. The van der Waals surface area contributed by atoms with E-state index in [4.69, 9.17) is 4.74 Å². The zero-order valence-electron chi connectivity index (χ0n) is 15.4. The van der Waals surface area contributed by atoms with E-state index in [2.05, 4.69) is 4.98 Å². The van der Waals surface area contributed by atoms with Gasteiger partial charge in [0.15, 0.2) is 17.2 Å². The van der Waals surface area contributed by atoms with Gasteiger partial charge in [0.05, 0.1) is 5.56 Å². The van der Waals surface area contributed by atoms with Gasteiger partial charge in [-0.1, -0.05) is 30.3 Å². The Labute approximate surface area is 161 Å². The molecule has 3 aromatic rings. The molecule has 0 atom stereocenters. The van der Waals surface area contributed by atoms with E-state index in [1.54, 1.807) is 13.8 Å². The summed E-state index contributed by atoms with van der Waals surface area (Å²) in [5, 5.41) is 9.52. The van der Waals surface area contributed by atoms with E-state index in [1.807, 2.05) is 30.3 Å². The van der Waals surface area contributed by atoms with Crippen LogP contribution in [0.15, 0.2) is 54.6 Å². The number of rotatable bonds is 6. The Bertz CT molecular complexity index is 1030. The number of ketones is 1. The quantitative estimate of drug-likeness (QED) is 0.645. The number of benzene rings is 2. The van der Waals surface area contributed by atoms with Gasteiger partial charge in [0.2, 0.25) is 0 Å². The molecule has 2 aromatic carbocycles. The highest BCUT2D eigenvalue weighted by atomic mass is 19.1. The van der Waals surface area contributed by atoms with Crippen LogP contribution in [0.4, 0.5) is 4.39 Å². The highest BCUT2D eigenvalue weighted by molar-refractivity contribution is 6.11. The minimum Gasteiger partial charge on any atom is -0.486 e. The lowest BCUT2D eigenvalue weighted by molar-refractivity contribution is 0.0683. The lowest BCUT2D eigenvalue weighted by Crippen LogP contribution is -2.15. The number of carbonyl (C=O) groups is 2. The molecule has 0 aliphatic rings. The number of aromatic carboxylic acids is 1. The largest absolute Gasteiger partial charge is 0.486 e. The van der Waals surface area contributed by atoms with Crippen molar-refractivity contribution in [2.45, 2.75) is 20.5 Å². The Kier molecular flexibility index (Phi) is 5.49. The molecule has 0 amide bonds. The van der Waals surface area contributed by atoms with Crippen LogP contribution in [0, 0.1) is 19.7 Å². The maximum absolute atomic E-state index is 13.2. The van der Waals surface area contributed by atoms with Gasteiger partial charge >= 0.3 is 5.97 Å². The van der Waals surface area contributed by atoms with Crippen LogP contribution in [0.1, 0.15) is 43.2 Å². The summed E-state index contributed by atoms with van der Waals surface area (Å²) < 4.78 is 18.9. The van der Waals surface area contributed by atoms with Crippen LogP contribution in [0.2, 0.25) is 0 Å². The number of aromatic nitrogens is 1. The molecule has 1 aromatic heterocycles. The molecule has 6 heteroatoms. The molecule has 0 aliphatic heterocycles. The summed E-state index contributed by atoms with van der Waals surface area (Å²) in [6.45, 7) is 3.33. The number of carboxylic acid groups (broad SMARTS) is 1. The molecule has 1 heterocycles. The van der Waals surface area contributed by atoms with E-state index in [-0.39, 0.29) is 40.7 Å². The molecule has 1 N–H and O–H groups in total. The van der Waals surface area contributed by atoms with E-state index in [0.717, 1.165) is 5.56 Å². The van der Waals surface area contributed by atoms with Crippen LogP contribution in [0.25, 0.3) is 0 Å². The molecule has 0 unspecified atom stereocenters. The standard InChI is InChI=1S/C22H18FNO4/c1-13-18(20(25)16-8-10-17(23)11-9-16)14(2)24-19(22(26)27)21(13)28-12-15-6-4-3-5-7-15/h3-11H,12H2,1-2H3,(H,26,27). The number of carbonyl (C=O) groups excluding carboxylic acids is 1. The van der Waals surface area contributed by atoms with E-state index in [9.17, 15) is 19.1 Å². The predicted octanol–water partition coefficient (Wildman–Crippen LogP) is 4.35. The first-order valence-corrected chi connectivity index (χ1v) is 8.60. The second-order valence-electron chi connectivity index (χ2n) is 6.29. The molecule has 142 valence electrons. The SMILES string of the molecule is Cc1nc(C(=O)O)c(OCc2ccccc2)c(C)c1C(=O)c1ccc(F)cc1. The fourth-order valence-electron chi connectivity index (χ4n) is 2.97. The zero-order valence-corrected chi connectivity index (χ0v) is 15.4. The molecule has 0 spiro atoms. The van der Waals surface area contributed by atoms with Crippen LogP contribution in [0.3, 0.4) is 0 Å². The number of ether oxygens (including phenoxy) is 1. The fraction of sp³-hybridized carbons (Fsp3) is 0.136. The van der Waals surface area contributed by atoms with Crippen molar-refractivity contribution in [2.24, 2.45) is 0 Å². The molecule has 0 radical (unpaired) electrons. The Balaban J connectivity index is 2.04. The van der Waals surface area contributed by atoms with E-state index in [0.29, 0.717) is 5.56 Å². The van der Waals surface area contributed by atoms with Crippen molar-refractivity contribution in [1.82, 2.24) is 4.98 Å². The number of hydrogen-bond acceptors (Lipinski definition) is 4. The second-order valence-corrected chi connectivity index (χ2v) is 6.29. The maximum Gasteiger partial charge on any atom is 0.358 e. The Morgan fingerprint density at radius 1 is 1.04 bits per heavy atom. The third-order valence-electron chi connectivity index (χ3n) is 4.33. The highest BCUT2D eigenvalue weighted by Crippen LogP contribution is 2.30. The van der Waals surface area contributed by atoms with Crippen molar-refractivity contribution in [3.05, 3.63) is 94.1 Å². The van der Waals surface area contributed by atoms with Crippen LogP contribution in [-0.4, -0.2) is 21.8 Å². The van der Waals surface area contributed by atoms with Crippen molar-refractivity contribution in [1.29, 1.82) is 0 Å². The molecule has 0 saturated heterocycles. The van der Waals surface area contributed by atoms with Crippen LogP contribution in [0.5, 0.6) is 5.75 Å². The van der Waals surface area contributed by atoms with Crippen molar-refractivity contribution < 1.29 is 23.8 Å². The van der Waals surface area contributed by atoms with Gasteiger partial charge in [-0.25, -0.2) is 14.2 Å².